The molecule has 2 bridgehead atoms. The van der Waals surface area contributed by atoms with Crippen molar-refractivity contribution < 1.29 is 13.2 Å². The summed E-state index contributed by atoms with van der Waals surface area (Å²) in [7, 11) is 0. The summed E-state index contributed by atoms with van der Waals surface area (Å²) in [6, 6.07) is 3.07. The zero-order chi connectivity index (χ0) is 17.8. The first-order valence-corrected chi connectivity index (χ1v) is 8.19. The van der Waals surface area contributed by atoms with E-state index >= 15 is 0 Å². The Labute approximate surface area is 143 Å². The van der Waals surface area contributed by atoms with Gasteiger partial charge in [-0.05, 0) is 32.4 Å². The lowest BCUT2D eigenvalue weighted by Crippen LogP contribution is -2.69. The minimum atomic E-state index is -4.35. The zero-order valence-corrected chi connectivity index (χ0v) is 14.0. The van der Waals surface area contributed by atoms with Crippen molar-refractivity contribution in [3.8, 4) is 0 Å². The maximum Gasteiger partial charge on any atom is 0.417 e. The summed E-state index contributed by atoms with van der Waals surface area (Å²) in [6.07, 6.45) is -0.829. The van der Waals surface area contributed by atoms with E-state index < -0.39 is 11.7 Å². The van der Waals surface area contributed by atoms with Crippen LogP contribution in [0.1, 0.15) is 23.2 Å². The van der Waals surface area contributed by atoms with E-state index in [1.807, 2.05) is 13.8 Å². The van der Waals surface area contributed by atoms with Crippen LogP contribution in [-0.4, -0.2) is 40.1 Å². The lowest BCUT2D eigenvalue weighted by atomic mass is 9.87. The number of rotatable bonds is 2. The smallest absolute Gasteiger partial charge is 0.352 e. The van der Waals surface area contributed by atoms with Gasteiger partial charge in [-0.25, -0.2) is 15.0 Å². The number of piperazine rings is 1. The predicted molar refractivity (Wildman–Crippen MR) is 87.6 cm³/mol. The number of hydrogen-bond donors (Lipinski definition) is 0. The number of fused-ring (bicyclic) bond motifs is 2. The highest BCUT2D eigenvalue weighted by molar-refractivity contribution is 5.55. The Kier molecular flexibility index (Phi) is 3.59. The molecule has 2 unspecified atom stereocenters. The van der Waals surface area contributed by atoms with Crippen LogP contribution >= 0.6 is 0 Å². The number of anilines is 2. The summed E-state index contributed by atoms with van der Waals surface area (Å²) < 4.78 is 38.1. The first-order chi connectivity index (χ1) is 11.8. The largest absolute Gasteiger partial charge is 0.417 e. The number of aromatic nitrogens is 3. The van der Waals surface area contributed by atoms with E-state index in [-0.39, 0.29) is 12.1 Å². The van der Waals surface area contributed by atoms with Gasteiger partial charge in [0.25, 0.3) is 0 Å². The Morgan fingerprint density at radius 1 is 1.04 bits per heavy atom. The Morgan fingerprint density at radius 2 is 1.76 bits per heavy atom. The Hall–Kier alpha value is -2.38. The lowest BCUT2D eigenvalue weighted by molar-refractivity contribution is -0.137. The highest BCUT2D eigenvalue weighted by Crippen LogP contribution is 2.38. The number of aryl methyl sites for hydroxylation is 1. The molecular formula is C17H18F3N5. The zero-order valence-electron chi connectivity index (χ0n) is 14.0. The number of halogens is 3. The molecule has 3 aliphatic rings. The molecule has 5 nitrogen and oxygen atoms in total. The van der Waals surface area contributed by atoms with Crippen LogP contribution in [0.5, 0.6) is 0 Å². The van der Waals surface area contributed by atoms with Crippen LogP contribution < -0.4 is 9.80 Å². The fraction of sp³-hybridized carbons (Fsp3) is 0.471. The molecule has 3 aliphatic heterocycles. The molecule has 8 heteroatoms. The van der Waals surface area contributed by atoms with Gasteiger partial charge in [-0.1, -0.05) is 0 Å². The van der Waals surface area contributed by atoms with Crippen LogP contribution in [0, 0.1) is 13.8 Å². The molecule has 5 rings (SSSR count). The fourth-order valence-corrected chi connectivity index (χ4v) is 3.71. The number of nitrogens with zero attached hydrogens (tertiary/aromatic N) is 5. The first kappa shape index (κ1) is 16.1. The minimum absolute atomic E-state index is 0.248. The van der Waals surface area contributed by atoms with Crippen LogP contribution in [0.4, 0.5) is 24.8 Å². The van der Waals surface area contributed by atoms with Crippen molar-refractivity contribution in [3.05, 3.63) is 41.5 Å². The normalized spacial score (nSPS) is 22.8. The van der Waals surface area contributed by atoms with Crippen LogP contribution in [0.2, 0.25) is 0 Å². The maximum atomic E-state index is 12.7. The van der Waals surface area contributed by atoms with Gasteiger partial charge in [0.2, 0.25) is 0 Å². The number of alkyl halides is 3. The lowest BCUT2D eigenvalue weighted by Gasteiger charge is -2.57. The first-order valence-electron chi connectivity index (χ1n) is 8.19. The van der Waals surface area contributed by atoms with Crippen molar-refractivity contribution >= 4 is 11.6 Å². The molecule has 0 spiro atoms. The Bertz CT molecular complexity index is 778. The van der Waals surface area contributed by atoms with E-state index in [0.717, 1.165) is 48.8 Å². The Balaban J connectivity index is 1.51. The van der Waals surface area contributed by atoms with Gasteiger partial charge in [0, 0.05) is 30.5 Å². The quantitative estimate of drug-likeness (QED) is 0.834. The van der Waals surface area contributed by atoms with Crippen molar-refractivity contribution in [1.82, 2.24) is 15.0 Å². The van der Waals surface area contributed by atoms with E-state index in [0.29, 0.717) is 5.82 Å². The van der Waals surface area contributed by atoms with Crippen molar-refractivity contribution in [1.29, 1.82) is 0 Å². The molecule has 0 N–H and O–H groups in total. The molecule has 25 heavy (non-hydrogen) atoms. The van der Waals surface area contributed by atoms with Gasteiger partial charge in [0.15, 0.2) is 0 Å². The van der Waals surface area contributed by atoms with E-state index in [2.05, 4.69) is 24.8 Å². The number of hydrogen-bond acceptors (Lipinski definition) is 5. The summed E-state index contributed by atoms with van der Waals surface area (Å²) in [6.45, 7) is 5.55. The summed E-state index contributed by atoms with van der Waals surface area (Å²) >= 11 is 0. The highest BCUT2D eigenvalue weighted by Gasteiger charge is 2.46. The van der Waals surface area contributed by atoms with Crippen LogP contribution in [0.3, 0.4) is 0 Å². The maximum absolute atomic E-state index is 12.7. The van der Waals surface area contributed by atoms with Gasteiger partial charge in [0.05, 0.1) is 17.6 Å². The SMILES string of the molecule is Cc1ncnc(N2CC3CC(C2)N3c2ccc(C(F)(F)F)cn2)c1C. The molecular weight excluding hydrogens is 331 g/mol. The molecule has 0 amide bonds. The molecule has 0 aliphatic carbocycles. The third-order valence-electron chi connectivity index (χ3n) is 5.14. The predicted octanol–water partition coefficient (Wildman–Crippen LogP) is 2.97. The summed E-state index contributed by atoms with van der Waals surface area (Å²) in [5.74, 6) is 1.56. The average Bonchev–Trinajstić information content (AvgIpc) is 2.57. The molecule has 3 fully saturated rings. The second kappa shape index (κ2) is 5.57. The molecule has 2 atom stereocenters. The third-order valence-corrected chi connectivity index (χ3v) is 5.14. The van der Waals surface area contributed by atoms with E-state index in [1.54, 1.807) is 6.33 Å². The summed E-state index contributed by atoms with van der Waals surface area (Å²) in [4.78, 5) is 17.0. The average molecular weight is 349 g/mol. The second-order valence-corrected chi connectivity index (χ2v) is 6.67. The monoisotopic (exact) mass is 349 g/mol. The van der Waals surface area contributed by atoms with E-state index in [9.17, 15) is 13.2 Å². The van der Waals surface area contributed by atoms with Gasteiger partial charge >= 0.3 is 6.18 Å². The van der Waals surface area contributed by atoms with Crippen molar-refractivity contribution in [2.24, 2.45) is 0 Å². The molecule has 0 aromatic carbocycles. The van der Waals surface area contributed by atoms with Crippen molar-refractivity contribution in [2.45, 2.75) is 38.5 Å². The molecule has 2 aromatic heterocycles. The Morgan fingerprint density at radius 3 is 2.36 bits per heavy atom. The van der Waals surface area contributed by atoms with Crippen LogP contribution in [0.15, 0.2) is 24.7 Å². The molecule has 2 aromatic rings. The van der Waals surface area contributed by atoms with Gasteiger partial charge in [0.1, 0.15) is 18.0 Å². The van der Waals surface area contributed by atoms with Gasteiger partial charge < -0.3 is 9.80 Å². The van der Waals surface area contributed by atoms with Crippen molar-refractivity contribution in [3.63, 3.8) is 0 Å². The molecule has 5 heterocycles. The van der Waals surface area contributed by atoms with E-state index in [1.165, 1.54) is 6.07 Å². The number of piperidine rings is 1. The van der Waals surface area contributed by atoms with E-state index in [4.69, 9.17) is 0 Å². The number of pyridine rings is 1. The van der Waals surface area contributed by atoms with Gasteiger partial charge in [-0.2, -0.15) is 13.2 Å². The highest BCUT2D eigenvalue weighted by atomic mass is 19.4. The molecule has 0 radical (unpaired) electrons. The minimum Gasteiger partial charge on any atom is -0.352 e. The third kappa shape index (κ3) is 2.69. The molecule has 3 saturated heterocycles. The second-order valence-electron chi connectivity index (χ2n) is 6.67. The molecule has 0 saturated carbocycles. The summed E-state index contributed by atoms with van der Waals surface area (Å²) in [5, 5.41) is 0. The standard InChI is InChI=1S/C17H18F3N5/c1-10-11(2)22-9-23-16(10)24-7-13-5-14(8-24)25(13)15-4-3-12(6-21-15)17(18,19)20/h3-4,6,9,13-14H,5,7-8H2,1-2H3. The molecule has 132 valence electrons. The van der Waals surface area contributed by atoms with Crippen LogP contribution in [-0.2, 0) is 6.18 Å². The topological polar surface area (TPSA) is 45.2 Å². The summed E-state index contributed by atoms with van der Waals surface area (Å²) in [5.41, 5.74) is 1.32. The van der Waals surface area contributed by atoms with Crippen molar-refractivity contribution in [2.75, 3.05) is 22.9 Å². The van der Waals surface area contributed by atoms with Gasteiger partial charge in [-0.15, -0.1) is 0 Å². The fourth-order valence-electron chi connectivity index (χ4n) is 3.71. The van der Waals surface area contributed by atoms with Gasteiger partial charge in [-0.3, -0.25) is 0 Å². The van der Waals surface area contributed by atoms with Crippen LogP contribution in [0.25, 0.3) is 0 Å².